The minimum atomic E-state index is 0.262. The van der Waals surface area contributed by atoms with Crippen LogP contribution in [0.3, 0.4) is 0 Å². The zero-order chi connectivity index (χ0) is 10.8. The second-order valence-corrected chi connectivity index (χ2v) is 3.47. The van der Waals surface area contributed by atoms with Crippen molar-refractivity contribution >= 4 is 5.69 Å². The molecule has 0 atom stereocenters. The van der Waals surface area contributed by atoms with E-state index in [9.17, 15) is 5.11 Å². The van der Waals surface area contributed by atoms with Crippen LogP contribution < -0.4 is 5.73 Å². The number of benzene rings is 1. The van der Waals surface area contributed by atoms with Crippen LogP contribution in [0.5, 0.6) is 5.75 Å². The highest BCUT2D eigenvalue weighted by atomic mass is 16.3. The van der Waals surface area contributed by atoms with Crippen molar-refractivity contribution in [2.75, 3.05) is 5.73 Å². The Morgan fingerprint density at radius 3 is 2.53 bits per heavy atom. The summed E-state index contributed by atoms with van der Waals surface area (Å²) in [5, 5.41) is 9.71. The third-order valence-electron chi connectivity index (χ3n) is 2.47. The number of aromatic hydroxyl groups is 1. The van der Waals surface area contributed by atoms with Crippen LogP contribution in [-0.4, -0.2) is 9.67 Å². The van der Waals surface area contributed by atoms with Crippen LogP contribution >= 0.6 is 0 Å². The van der Waals surface area contributed by atoms with E-state index < -0.39 is 0 Å². The molecule has 0 aliphatic carbocycles. The van der Waals surface area contributed by atoms with E-state index in [0.29, 0.717) is 5.69 Å². The normalized spacial score (nSPS) is 10.5. The molecule has 15 heavy (non-hydrogen) atoms. The van der Waals surface area contributed by atoms with Gasteiger partial charge in [-0.2, -0.15) is 0 Å². The number of phenolic OH excluding ortho intramolecular Hbond substituents is 1. The molecule has 3 nitrogen and oxygen atoms in total. The van der Waals surface area contributed by atoms with Gasteiger partial charge in [0.25, 0.3) is 0 Å². The molecule has 1 heterocycles. The van der Waals surface area contributed by atoms with Gasteiger partial charge in [0.2, 0.25) is 0 Å². The summed E-state index contributed by atoms with van der Waals surface area (Å²) in [6, 6.07) is 7.21. The summed E-state index contributed by atoms with van der Waals surface area (Å²) in [4.78, 5) is 0. The molecule has 1 aromatic carbocycles. The van der Waals surface area contributed by atoms with E-state index in [1.54, 1.807) is 12.1 Å². The number of nitrogens with two attached hydrogens (primary N) is 1. The van der Waals surface area contributed by atoms with Crippen molar-refractivity contribution in [1.29, 1.82) is 0 Å². The Hall–Kier alpha value is -1.90. The van der Waals surface area contributed by atoms with Gasteiger partial charge in [0.1, 0.15) is 5.75 Å². The molecule has 0 aliphatic heterocycles. The topological polar surface area (TPSA) is 51.2 Å². The summed E-state index contributed by atoms with van der Waals surface area (Å²) < 4.78 is 2.00. The van der Waals surface area contributed by atoms with Crippen molar-refractivity contribution in [3.8, 4) is 16.9 Å². The maximum atomic E-state index is 9.71. The fourth-order valence-electron chi connectivity index (χ4n) is 1.63. The van der Waals surface area contributed by atoms with Crippen LogP contribution in [0.2, 0.25) is 0 Å². The van der Waals surface area contributed by atoms with Gasteiger partial charge in [0.15, 0.2) is 0 Å². The molecule has 0 spiro atoms. The van der Waals surface area contributed by atoms with Crippen molar-refractivity contribution in [3.63, 3.8) is 0 Å². The van der Waals surface area contributed by atoms with Crippen molar-refractivity contribution in [1.82, 2.24) is 4.57 Å². The van der Waals surface area contributed by atoms with Gasteiger partial charge in [-0.25, -0.2) is 0 Å². The summed E-state index contributed by atoms with van der Waals surface area (Å²) in [6.07, 6.45) is 3.83. The summed E-state index contributed by atoms with van der Waals surface area (Å²) in [5.41, 5.74) is 8.24. The predicted molar refractivity (Wildman–Crippen MR) is 61.6 cm³/mol. The number of para-hydroxylation sites is 1. The number of rotatable bonds is 2. The van der Waals surface area contributed by atoms with Crippen molar-refractivity contribution in [2.45, 2.75) is 13.5 Å². The van der Waals surface area contributed by atoms with Crippen LogP contribution in [0.25, 0.3) is 11.1 Å². The number of anilines is 1. The van der Waals surface area contributed by atoms with Crippen LogP contribution in [0.15, 0.2) is 36.7 Å². The summed E-state index contributed by atoms with van der Waals surface area (Å²) in [6.45, 7) is 2.92. The zero-order valence-corrected chi connectivity index (χ0v) is 8.64. The number of hydrogen-bond acceptors (Lipinski definition) is 2. The highest BCUT2D eigenvalue weighted by Crippen LogP contribution is 2.33. The van der Waals surface area contributed by atoms with Gasteiger partial charge in [-0.3, -0.25) is 0 Å². The Kier molecular flexibility index (Phi) is 2.37. The molecule has 1 aromatic heterocycles. The Morgan fingerprint density at radius 2 is 1.93 bits per heavy atom. The lowest BCUT2D eigenvalue weighted by Gasteiger charge is -2.02. The first-order valence-electron chi connectivity index (χ1n) is 4.96. The molecule has 3 N–H and O–H groups in total. The standard InChI is InChI=1S/C12H14N2O/c1-2-14-7-10(11(13)8-14)9-5-3-4-6-12(9)15/h3-8,15H,2,13H2,1H3. The Bertz CT molecular complexity index is 474. The van der Waals surface area contributed by atoms with Gasteiger partial charge >= 0.3 is 0 Å². The van der Waals surface area contributed by atoms with Crippen molar-refractivity contribution < 1.29 is 5.11 Å². The molecule has 0 unspecified atom stereocenters. The highest BCUT2D eigenvalue weighted by molar-refractivity contribution is 5.79. The third kappa shape index (κ3) is 1.68. The average molecular weight is 202 g/mol. The maximum absolute atomic E-state index is 9.71. The molecule has 0 amide bonds. The molecule has 2 aromatic rings. The monoisotopic (exact) mass is 202 g/mol. The summed E-state index contributed by atoms with van der Waals surface area (Å²) in [7, 11) is 0. The van der Waals surface area contributed by atoms with E-state index in [4.69, 9.17) is 5.73 Å². The van der Waals surface area contributed by atoms with E-state index in [0.717, 1.165) is 17.7 Å². The molecule has 78 valence electrons. The molecule has 3 heteroatoms. The van der Waals surface area contributed by atoms with Gasteiger partial charge in [-0.05, 0) is 13.0 Å². The first-order valence-corrected chi connectivity index (χ1v) is 4.96. The van der Waals surface area contributed by atoms with Crippen LogP contribution in [-0.2, 0) is 6.54 Å². The summed E-state index contributed by atoms with van der Waals surface area (Å²) in [5.74, 6) is 0.262. The Balaban J connectivity index is 2.54. The first-order chi connectivity index (χ1) is 7.22. The van der Waals surface area contributed by atoms with E-state index in [1.165, 1.54) is 0 Å². The first kappa shape index (κ1) is 9.65. The fraction of sp³-hybridized carbons (Fsp3) is 0.167. The highest BCUT2D eigenvalue weighted by Gasteiger charge is 2.08. The predicted octanol–water partition coefficient (Wildman–Crippen LogP) is 2.46. The number of hydrogen-bond donors (Lipinski definition) is 2. The zero-order valence-electron chi connectivity index (χ0n) is 8.64. The number of aryl methyl sites for hydroxylation is 1. The lowest BCUT2D eigenvalue weighted by Crippen LogP contribution is -1.87. The molecule has 0 saturated heterocycles. The lowest BCUT2D eigenvalue weighted by atomic mass is 10.1. The van der Waals surface area contributed by atoms with Gasteiger partial charge in [-0.1, -0.05) is 18.2 Å². The maximum Gasteiger partial charge on any atom is 0.123 e. The SMILES string of the molecule is CCn1cc(N)c(-c2ccccc2O)c1. The smallest absolute Gasteiger partial charge is 0.123 e. The van der Waals surface area contributed by atoms with E-state index >= 15 is 0 Å². The molecule has 2 rings (SSSR count). The molecule has 0 saturated carbocycles. The van der Waals surface area contributed by atoms with Gasteiger partial charge in [0, 0.05) is 30.1 Å². The van der Waals surface area contributed by atoms with Crippen LogP contribution in [0.4, 0.5) is 5.69 Å². The van der Waals surface area contributed by atoms with Gasteiger partial charge < -0.3 is 15.4 Å². The van der Waals surface area contributed by atoms with Gasteiger partial charge in [0.05, 0.1) is 5.69 Å². The van der Waals surface area contributed by atoms with E-state index in [-0.39, 0.29) is 5.75 Å². The lowest BCUT2D eigenvalue weighted by molar-refractivity contribution is 0.477. The molecular weight excluding hydrogens is 188 g/mol. The van der Waals surface area contributed by atoms with Crippen LogP contribution in [0.1, 0.15) is 6.92 Å². The van der Waals surface area contributed by atoms with E-state index in [2.05, 4.69) is 0 Å². The van der Waals surface area contributed by atoms with Crippen molar-refractivity contribution in [3.05, 3.63) is 36.7 Å². The number of phenols is 1. The number of aromatic nitrogens is 1. The fourth-order valence-corrected chi connectivity index (χ4v) is 1.63. The summed E-state index contributed by atoms with van der Waals surface area (Å²) >= 11 is 0. The van der Waals surface area contributed by atoms with Gasteiger partial charge in [-0.15, -0.1) is 0 Å². The second kappa shape index (κ2) is 3.69. The Labute approximate surface area is 88.8 Å². The quantitative estimate of drug-likeness (QED) is 0.786. The molecule has 0 bridgehead atoms. The minimum absolute atomic E-state index is 0.262. The third-order valence-corrected chi connectivity index (χ3v) is 2.47. The largest absolute Gasteiger partial charge is 0.507 e. The number of nitrogen functional groups attached to an aromatic ring is 1. The molecule has 0 radical (unpaired) electrons. The van der Waals surface area contributed by atoms with Crippen LogP contribution in [0, 0.1) is 0 Å². The number of nitrogens with zero attached hydrogens (tertiary/aromatic N) is 1. The molecule has 0 fully saturated rings. The molecule has 0 aliphatic rings. The second-order valence-electron chi connectivity index (χ2n) is 3.47. The minimum Gasteiger partial charge on any atom is -0.507 e. The Morgan fingerprint density at radius 1 is 1.20 bits per heavy atom. The van der Waals surface area contributed by atoms with E-state index in [1.807, 2.05) is 36.0 Å². The van der Waals surface area contributed by atoms with Crippen molar-refractivity contribution in [2.24, 2.45) is 0 Å². The average Bonchev–Trinajstić information content (AvgIpc) is 2.60. The molecular formula is C12H14N2O.